The van der Waals surface area contributed by atoms with E-state index in [1.54, 1.807) is 28.1 Å². The molecule has 1 amide bonds. The summed E-state index contributed by atoms with van der Waals surface area (Å²) in [5, 5.41) is 23.6. The number of piperidine rings is 1. The predicted molar refractivity (Wildman–Crippen MR) is 275 cm³/mol. The second-order valence-electron chi connectivity index (χ2n) is 21.4. The van der Waals surface area contributed by atoms with Crippen molar-refractivity contribution in [2.75, 3.05) is 34.5 Å². The molecule has 4 rings (SSSR count). The van der Waals surface area contributed by atoms with E-state index in [9.17, 15) is 29.4 Å². The number of cyclic esters (lactones) is 1. The van der Waals surface area contributed by atoms with Crippen LogP contribution in [0.5, 0.6) is 0 Å². The summed E-state index contributed by atoms with van der Waals surface area (Å²) in [5.74, 6) is -3.92. The number of esters is 1. The minimum atomic E-state index is -2.40. The molecule has 2 saturated heterocycles. The SMILES string of the molecule is C#CCCCCO[C@@H]1CC[C@@H](C[C@@H](C)[C@@H]2CC(N)[C@H](C)/C=C(\C)[C@@H](O)[C@@H](OC)C(=O)[C@H](C)C[C@H](C)/C=C/C=C/C=C(\C)[C@@H](OC)C[C@@H]3CC[C@@H](C)[C@@](O)(O3)C(=O)C(=O)N3CCCC[C@H]3C(=O)O2)C[C@H]1OC. The molecule has 3 fully saturated rings. The highest BCUT2D eigenvalue weighted by atomic mass is 16.6. The van der Waals surface area contributed by atoms with Gasteiger partial charge in [0, 0.05) is 71.6 Å². The van der Waals surface area contributed by atoms with Crippen molar-refractivity contribution >= 4 is 23.4 Å². The number of hydrogen-bond donors (Lipinski definition) is 3. The Morgan fingerprint density at radius 1 is 0.887 bits per heavy atom. The van der Waals surface area contributed by atoms with E-state index >= 15 is 0 Å². The fourth-order valence-corrected chi connectivity index (χ4v) is 11.0. The molecule has 14 heteroatoms. The first kappa shape index (κ1) is 60.0. The molecule has 0 aromatic carbocycles. The number of aliphatic hydroxyl groups is 2. The van der Waals surface area contributed by atoms with Gasteiger partial charge in [-0.2, -0.15) is 0 Å². The normalized spacial score (nSPS) is 38.9. The van der Waals surface area contributed by atoms with Gasteiger partial charge in [0.1, 0.15) is 24.4 Å². The molecule has 14 nitrogen and oxygen atoms in total. The summed E-state index contributed by atoms with van der Waals surface area (Å²) < 4.78 is 36.5. The smallest absolute Gasteiger partial charge is 0.329 e. The van der Waals surface area contributed by atoms with Gasteiger partial charge >= 0.3 is 5.97 Å². The highest BCUT2D eigenvalue weighted by molar-refractivity contribution is 6.39. The lowest BCUT2D eigenvalue weighted by Gasteiger charge is -2.43. The first-order valence-corrected chi connectivity index (χ1v) is 26.6. The van der Waals surface area contributed by atoms with Gasteiger partial charge in [-0.05, 0) is 126 Å². The maximum Gasteiger partial charge on any atom is 0.329 e. The largest absolute Gasteiger partial charge is 0.460 e. The molecule has 0 radical (unpaired) electrons. The molecule has 1 aliphatic carbocycles. The number of unbranched alkanes of at least 4 members (excludes halogenated alkanes) is 2. The Morgan fingerprint density at radius 2 is 1.63 bits per heavy atom. The van der Waals surface area contributed by atoms with Crippen molar-refractivity contribution in [2.24, 2.45) is 41.2 Å². The highest BCUT2D eigenvalue weighted by Crippen LogP contribution is 2.38. The van der Waals surface area contributed by atoms with Crippen molar-refractivity contribution in [1.82, 2.24) is 4.90 Å². The van der Waals surface area contributed by atoms with Crippen LogP contribution in [0, 0.1) is 47.9 Å². The molecule has 4 aliphatic rings. The Labute approximate surface area is 425 Å². The highest BCUT2D eigenvalue weighted by Gasteiger charge is 2.53. The summed E-state index contributed by atoms with van der Waals surface area (Å²) in [7, 11) is 4.73. The van der Waals surface area contributed by atoms with Gasteiger partial charge in [0.2, 0.25) is 5.79 Å². The number of Topliss-reactive ketones (excluding diaryl/α,β-unsaturated/α-hetero) is 2. The van der Waals surface area contributed by atoms with Crippen LogP contribution < -0.4 is 5.73 Å². The lowest BCUT2D eigenvalue weighted by atomic mass is 9.78. The van der Waals surface area contributed by atoms with Crippen molar-refractivity contribution in [3.8, 4) is 12.3 Å². The summed E-state index contributed by atoms with van der Waals surface area (Å²) in [6, 6.07) is -1.62. The van der Waals surface area contributed by atoms with Crippen LogP contribution in [0.1, 0.15) is 145 Å². The third kappa shape index (κ3) is 17.0. The first-order valence-electron chi connectivity index (χ1n) is 26.6. The number of allylic oxidation sites excluding steroid dienone is 5. The van der Waals surface area contributed by atoms with E-state index in [0.717, 1.165) is 44.1 Å². The molecule has 3 aliphatic heterocycles. The van der Waals surface area contributed by atoms with Crippen LogP contribution >= 0.6 is 0 Å². The monoisotopic (exact) mass is 995 g/mol. The summed E-state index contributed by atoms with van der Waals surface area (Å²) in [6.45, 7) is 14.0. The zero-order chi connectivity index (χ0) is 52.4. The number of terminal acetylenes is 1. The molecule has 0 spiro atoms. The number of nitrogens with two attached hydrogens (primary N) is 1. The quantitative estimate of drug-likeness (QED) is 0.0599. The van der Waals surface area contributed by atoms with Crippen LogP contribution in [-0.2, 0) is 47.6 Å². The zero-order valence-corrected chi connectivity index (χ0v) is 44.7. The van der Waals surface area contributed by atoms with Gasteiger partial charge in [-0.1, -0.05) is 71.1 Å². The number of ether oxygens (including phenoxy) is 6. The first-order chi connectivity index (χ1) is 33.8. The van der Waals surface area contributed by atoms with Gasteiger partial charge in [-0.25, -0.2) is 4.79 Å². The van der Waals surface area contributed by atoms with E-state index in [4.69, 9.17) is 40.6 Å². The number of carbonyl (C=O) groups excluding carboxylic acids is 4. The van der Waals surface area contributed by atoms with Gasteiger partial charge in [0.25, 0.3) is 11.7 Å². The van der Waals surface area contributed by atoms with Crippen LogP contribution in [0.3, 0.4) is 0 Å². The predicted octanol–water partition coefficient (Wildman–Crippen LogP) is 7.77. The molecule has 16 atom stereocenters. The Balaban J connectivity index is 1.67. The number of hydrogen-bond acceptors (Lipinski definition) is 13. The Bertz CT molecular complexity index is 1890. The van der Waals surface area contributed by atoms with Crippen LogP contribution in [0.4, 0.5) is 0 Å². The van der Waals surface area contributed by atoms with Crippen molar-refractivity contribution in [2.45, 2.75) is 205 Å². The minimum absolute atomic E-state index is 0.0307. The maximum atomic E-state index is 14.6. The molecule has 2 bridgehead atoms. The van der Waals surface area contributed by atoms with Crippen molar-refractivity contribution in [3.05, 3.63) is 47.6 Å². The van der Waals surface area contributed by atoms with E-state index in [-0.39, 0.29) is 61.0 Å². The van der Waals surface area contributed by atoms with E-state index in [1.165, 1.54) is 12.0 Å². The molecule has 71 heavy (non-hydrogen) atoms. The number of carbonyl (C=O) groups is 4. The van der Waals surface area contributed by atoms with Gasteiger partial charge in [0.05, 0.1) is 24.4 Å². The molecule has 3 heterocycles. The number of nitrogens with zero attached hydrogens (tertiary/aromatic N) is 1. The molecule has 400 valence electrons. The van der Waals surface area contributed by atoms with Gasteiger partial charge in [-0.15, -0.1) is 12.3 Å². The maximum absolute atomic E-state index is 14.6. The van der Waals surface area contributed by atoms with Crippen molar-refractivity contribution < 1.29 is 57.8 Å². The molecule has 0 aromatic rings. The lowest BCUT2D eigenvalue weighted by molar-refractivity contribution is -0.265. The van der Waals surface area contributed by atoms with Crippen LogP contribution in [0.2, 0.25) is 0 Å². The molecular formula is C57H90N2O12. The average Bonchev–Trinajstić information content (AvgIpc) is 3.35. The summed E-state index contributed by atoms with van der Waals surface area (Å²) in [5.41, 5.74) is 8.43. The summed E-state index contributed by atoms with van der Waals surface area (Å²) >= 11 is 0. The number of fused-ring (bicyclic) bond motifs is 3. The molecular weight excluding hydrogens is 905 g/mol. The number of amides is 1. The van der Waals surface area contributed by atoms with Crippen molar-refractivity contribution in [3.63, 3.8) is 0 Å². The molecule has 1 saturated carbocycles. The van der Waals surface area contributed by atoms with Gasteiger partial charge < -0.3 is 49.3 Å². The van der Waals surface area contributed by atoms with E-state index < -0.39 is 77.9 Å². The van der Waals surface area contributed by atoms with Crippen LogP contribution in [-0.4, -0.2) is 134 Å². The fraction of sp³-hybridized carbons (Fsp3) is 0.754. The minimum Gasteiger partial charge on any atom is -0.460 e. The average molecular weight is 995 g/mol. The molecule has 4 N–H and O–H groups in total. The summed E-state index contributed by atoms with van der Waals surface area (Å²) in [4.78, 5) is 58.4. The van der Waals surface area contributed by atoms with Crippen molar-refractivity contribution in [1.29, 1.82) is 0 Å². The fourth-order valence-electron chi connectivity index (χ4n) is 11.0. The molecule has 1 unspecified atom stereocenters. The van der Waals surface area contributed by atoms with E-state index in [2.05, 4.69) is 12.8 Å². The molecule has 0 aromatic heterocycles. The zero-order valence-electron chi connectivity index (χ0n) is 44.7. The Morgan fingerprint density at radius 3 is 2.32 bits per heavy atom. The second-order valence-corrected chi connectivity index (χ2v) is 21.4. The van der Waals surface area contributed by atoms with Gasteiger partial charge in [0.15, 0.2) is 5.78 Å². The summed E-state index contributed by atoms with van der Waals surface area (Å²) in [6.07, 6.45) is 22.2. The Kier molecular flexibility index (Phi) is 24.9. The van der Waals surface area contributed by atoms with Gasteiger partial charge in [-0.3, -0.25) is 14.4 Å². The lowest BCUT2D eigenvalue weighted by Crippen LogP contribution is -2.61. The second kappa shape index (κ2) is 29.4. The van der Waals surface area contributed by atoms with E-state index in [1.807, 2.05) is 64.2 Å². The number of ketones is 2. The van der Waals surface area contributed by atoms with Crippen LogP contribution in [0.15, 0.2) is 47.6 Å². The Hall–Kier alpha value is -3.52. The number of aliphatic hydroxyl groups excluding tert-OH is 1. The third-order valence-electron chi connectivity index (χ3n) is 15.8. The topological polar surface area (TPSA) is 193 Å². The van der Waals surface area contributed by atoms with Crippen LogP contribution in [0.25, 0.3) is 0 Å². The standard InChI is InChI=1S/C57H90N2O12/c1-12-13-14-20-29-69-47-27-25-43(33-50(47)67-10)32-39(5)49-35-45(58)38(4)31-41(7)52(61)53(68-11)51(60)40(6)30-36(2)21-16-15-17-22-37(3)48(66-9)34-44-26-24-42(8)57(65,71-44)54(62)55(63)59-28-19-18-23-46(59)56(64)70-49/h1,15-17,21-22,31,36,38-40,42-50,52-53,61,65H,13-14,18-20,23-30,32-35,58H2,2-11H3/b17-15+,21-16+,37-22+,41-31+/t36-,38-,39-,40-,42-,43+,44+,45?,46+,47-,48+,49+,50-,52-,53+,57-/m1/s1. The number of rotatable bonds is 11. The third-order valence-corrected chi connectivity index (χ3v) is 15.8. The van der Waals surface area contributed by atoms with E-state index in [0.29, 0.717) is 57.1 Å². The number of methoxy groups -OCH3 is 3.